The lowest BCUT2D eigenvalue weighted by Gasteiger charge is -2.25. The van der Waals surface area contributed by atoms with Crippen molar-refractivity contribution in [1.29, 1.82) is 0 Å². The lowest BCUT2D eigenvalue weighted by Crippen LogP contribution is -2.40. The minimum Gasteiger partial charge on any atom is -0.493 e. The van der Waals surface area contributed by atoms with E-state index in [1.807, 2.05) is 30.1 Å². The van der Waals surface area contributed by atoms with E-state index in [9.17, 15) is 9.59 Å². The Kier molecular flexibility index (Phi) is 5.50. The van der Waals surface area contributed by atoms with Crippen molar-refractivity contribution in [3.8, 4) is 23.0 Å². The highest BCUT2D eigenvalue weighted by atomic mass is 16.6. The van der Waals surface area contributed by atoms with Gasteiger partial charge in [-0.3, -0.25) is 19.4 Å². The molecule has 1 amide bonds. The van der Waals surface area contributed by atoms with Crippen LogP contribution >= 0.6 is 0 Å². The Bertz CT molecular complexity index is 990. The fraction of sp³-hybridized carbons (Fsp3) is 0.364. The summed E-state index contributed by atoms with van der Waals surface area (Å²) in [5, 5.41) is 0. The monoisotopic (exact) mass is 412 g/mol. The maximum Gasteiger partial charge on any atom is 0.300 e. The number of Topliss-reactive ketones (excluding diaryl/α,β-unsaturated/α-hetero) is 1. The average Bonchev–Trinajstić information content (AvgIpc) is 3.00. The highest BCUT2D eigenvalue weighted by molar-refractivity contribution is 6.52. The van der Waals surface area contributed by atoms with Gasteiger partial charge < -0.3 is 18.9 Å². The number of hydrogen-bond acceptors (Lipinski definition) is 7. The summed E-state index contributed by atoms with van der Waals surface area (Å²) < 4.78 is 21.8. The zero-order valence-corrected chi connectivity index (χ0v) is 17.3. The molecule has 0 fully saturated rings. The van der Waals surface area contributed by atoms with E-state index in [0.717, 1.165) is 12.0 Å². The van der Waals surface area contributed by atoms with Gasteiger partial charge in [0.1, 0.15) is 13.2 Å². The van der Waals surface area contributed by atoms with Gasteiger partial charge in [-0.2, -0.15) is 0 Å². The first-order chi connectivity index (χ1) is 14.5. The Balaban J connectivity index is 1.46. The Morgan fingerprint density at radius 3 is 2.40 bits per heavy atom. The molecule has 2 heterocycles. The molecule has 2 aromatic carbocycles. The van der Waals surface area contributed by atoms with E-state index in [1.165, 1.54) is 4.90 Å². The van der Waals surface area contributed by atoms with Gasteiger partial charge in [0.25, 0.3) is 5.78 Å². The molecule has 2 aliphatic heterocycles. The molecule has 0 saturated heterocycles. The first kappa shape index (κ1) is 20.0. The topological polar surface area (TPSA) is 77.5 Å². The average molecular weight is 412 g/mol. The molecule has 0 spiro atoms. The summed E-state index contributed by atoms with van der Waals surface area (Å²) in [4.78, 5) is 28.5. The largest absolute Gasteiger partial charge is 0.493 e. The molecule has 0 aliphatic carbocycles. The number of carbonyl (C=O) groups excluding carboxylic acids is 2. The normalized spacial score (nSPS) is 14.9. The van der Waals surface area contributed by atoms with Crippen LogP contribution in [0.3, 0.4) is 0 Å². The summed E-state index contributed by atoms with van der Waals surface area (Å²) in [6.07, 6.45) is 0.751. The van der Waals surface area contributed by atoms with Crippen LogP contribution in [-0.4, -0.2) is 64.3 Å². The van der Waals surface area contributed by atoms with E-state index in [4.69, 9.17) is 18.9 Å². The Labute approximate surface area is 174 Å². The van der Waals surface area contributed by atoms with Gasteiger partial charge in [0.05, 0.1) is 32.1 Å². The molecule has 0 N–H and O–H groups in total. The molecule has 0 saturated carbocycles. The van der Waals surface area contributed by atoms with Crippen molar-refractivity contribution < 1.29 is 28.5 Å². The second-order valence-corrected chi connectivity index (χ2v) is 7.24. The number of ketones is 1. The van der Waals surface area contributed by atoms with Gasteiger partial charge in [-0.15, -0.1) is 0 Å². The third-order valence-corrected chi connectivity index (χ3v) is 5.25. The highest BCUT2D eigenvalue weighted by Gasteiger charge is 2.38. The number of likely N-dealkylation sites (N-methyl/N-ethyl adjacent to an activating group) is 1. The molecule has 158 valence electrons. The van der Waals surface area contributed by atoms with Crippen LogP contribution in [0.2, 0.25) is 0 Å². The van der Waals surface area contributed by atoms with E-state index in [2.05, 4.69) is 0 Å². The van der Waals surface area contributed by atoms with Crippen LogP contribution in [0.25, 0.3) is 0 Å². The third-order valence-electron chi connectivity index (χ3n) is 5.25. The van der Waals surface area contributed by atoms with Crippen molar-refractivity contribution in [2.45, 2.75) is 6.42 Å². The number of hydrogen-bond donors (Lipinski definition) is 0. The van der Waals surface area contributed by atoms with Crippen molar-refractivity contribution in [3.05, 3.63) is 41.5 Å². The van der Waals surface area contributed by atoms with E-state index >= 15 is 0 Å². The quantitative estimate of drug-likeness (QED) is 0.645. The number of methoxy groups -OCH3 is 2. The number of amides is 1. The number of ether oxygens (including phenoxy) is 4. The van der Waals surface area contributed by atoms with Crippen molar-refractivity contribution in [2.24, 2.45) is 0 Å². The van der Waals surface area contributed by atoms with Crippen LogP contribution in [0.1, 0.15) is 15.9 Å². The maximum atomic E-state index is 12.6. The summed E-state index contributed by atoms with van der Waals surface area (Å²) in [5.41, 5.74) is 2.01. The minimum absolute atomic E-state index is 0.296. The summed E-state index contributed by atoms with van der Waals surface area (Å²) in [5.74, 6) is 1.37. The van der Waals surface area contributed by atoms with Gasteiger partial charge in [-0.05, 0) is 37.2 Å². The molecule has 0 aromatic heterocycles. The van der Waals surface area contributed by atoms with Gasteiger partial charge in [0.15, 0.2) is 23.0 Å². The van der Waals surface area contributed by atoms with Crippen LogP contribution in [0.5, 0.6) is 23.0 Å². The lowest BCUT2D eigenvalue weighted by atomic mass is 10.1. The van der Waals surface area contributed by atoms with E-state index in [0.29, 0.717) is 60.7 Å². The summed E-state index contributed by atoms with van der Waals surface area (Å²) in [6, 6.07) is 9.12. The zero-order valence-electron chi connectivity index (χ0n) is 17.3. The first-order valence-corrected chi connectivity index (χ1v) is 9.71. The number of anilines is 1. The molecule has 0 atom stereocenters. The van der Waals surface area contributed by atoms with E-state index < -0.39 is 11.7 Å². The summed E-state index contributed by atoms with van der Waals surface area (Å²) in [7, 11) is 5.12. The number of fused-ring (bicyclic) bond motifs is 2. The third kappa shape index (κ3) is 3.66. The van der Waals surface area contributed by atoms with Crippen molar-refractivity contribution in [2.75, 3.05) is 52.6 Å². The van der Waals surface area contributed by atoms with Crippen molar-refractivity contribution >= 4 is 17.4 Å². The fourth-order valence-electron chi connectivity index (χ4n) is 3.64. The Hall–Kier alpha value is -3.26. The molecular weight excluding hydrogens is 388 g/mol. The first-order valence-electron chi connectivity index (χ1n) is 9.71. The highest BCUT2D eigenvalue weighted by Crippen LogP contribution is 2.40. The molecule has 0 bridgehead atoms. The smallest absolute Gasteiger partial charge is 0.300 e. The molecule has 8 nitrogen and oxygen atoms in total. The molecule has 8 heteroatoms. The number of nitrogens with zero attached hydrogens (tertiary/aromatic N) is 2. The van der Waals surface area contributed by atoms with Crippen LogP contribution in [0.15, 0.2) is 30.3 Å². The zero-order chi connectivity index (χ0) is 21.3. The number of benzene rings is 2. The molecule has 0 unspecified atom stereocenters. The predicted molar refractivity (Wildman–Crippen MR) is 110 cm³/mol. The standard InChI is InChI=1S/C22H24N2O6/c1-23(7-6-14-4-5-17(27-2)18(10-14)28-3)13-24-16-12-20-19(29-8-9-30-20)11-15(16)21(25)22(24)26/h4-5,10-12H,6-9,13H2,1-3H3. The van der Waals surface area contributed by atoms with Crippen LogP contribution in [0, 0.1) is 0 Å². The van der Waals surface area contributed by atoms with E-state index in [1.54, 1.807) is 26.4 Å². The van der Waals surface area contributed by atoms with Gasteiger partial charge in [0.2, 0.25) is 0 Å². The predicted octanol–water partition coefficient (Wildman–Crippen LogP) is 2.14. The number of carbonyl (C=O) groups is 2. The minimum atomic E-state index is -0.537. The molecule has 4 rings (SSSR count). The number of rotatable bonds is 7. The molecule has 2 aliphatic rings. The molecule has 30 heavy (non-hydrogen) atoms. The van der Waals surface area contributed by atoms with Gasteiger partial charge in [-0.25, -0.2) is 0 Å². The molecule has 0 radical (unpaired) electrons. The summed E-state index contributed by atoms with van der Waals surface area (Å²) >= 11 is 0. The fourth-order valence-corrected chi connectivity index (χ4v) is 3.64. The van der Waals surface area contributed by atoms with Gasteiger partial charge in [-0.1, -0.05) is 6.07 Å². The second-order valence-electron chi connectivity index (χ2n) is 7.24. The van der Waals surface area contributed by atoms with Gasteiger partial charge in [0, 0.05) is 12.6 Å². The molecular formula is C22H24N2O6. The van der Waals surface area contributed by atoms with Gasteiger partial charge >= 0.3 is 5.91 Å². The SMILES string of the molecule is COc1ccc(CCN(C)CN2C(=O)C(=O)c3cc4c(cc32)OCCO4)cc1OC. The van der Waals surface area contributed by atoms with E-state index in [-0.39, 0.29) is 0 Å². The molecule has 2 aromatic rings. The Morgan fingerprint density at radius 2 is 1.70 bits per heavy atom. The lowest BCUT2D eigenvalue weighted by molar-refractivity contribution is -0.114. The van der Waals surface area contributed by atoms with Crippen LogP contribution < -0.4 is 23.8 Å². The van der Waals surface area contributed by atoms with Crippen molar-refractivity contribution in [3.63, 3.8) is 0 Å². The van der Waals surface area contributed by atoms with Crippen molar-refractivity contribution in [1.82, 2.24) is 4.90 Å². The summed E-state index contributed by atoms with van der Waals surface area (Å²) in [6.45, 7) is 1.85. The van der Waals surface area contributed by atoms with Crippen LogP contribution in [-0.2, 0) is 11.2 Å². The maximum absolute atomic E-state index is 12.6. The van der Waals surface area contributed by atoms with Crippen LogP contribution in [0.4, 0.5) is 5.69 Å². The second kappa shape index (κ2) is 8.23. The Morgan fingerprint density at radius 1 is 1.00 bits per heavy atom.